The van der Waals surface area contributed by atoms with E-state index in [2.05, 4.69) is 25.8 Å². The minimum Gasteiger partial charge on any atom is -0.351 e. The van der Waals surface area contributed by atoms with Gasteiger partial charge in [0.2, 0.25) is 11.8 Å². The Morgan fingerprint density at radius 3 is 2.63 bits per heavy atom. The van der Waals surface area contributed by atoms with Crippen molar-refractivity contribution < 1.29 is 9.59 Å². The Kier molecular flexibility index (Phi) is 6.85. The Labute approximate surface area is 207 Å². The maximum absolute atomic E-state index is 12.6. The van der Waals surface area contributed by atoms with Gasteiger partial charge in [-0.05, 0) is 54.8 Å². The molecule has 2 N–H and O–H groups in total. The van der Waals surface area contributed by atoms with Crippen molar-refractivity contribution in [3.8, 4) is 17.1 Å². The highest BCUT2D eigenvalue weighted by Crippen LogP contribution is 2.30. The molecule has 0 atom stereocenters. The van der Waals surface area contributed by atoms with Gasteiger partial charge in [-0.15, -0.1) is 10.2 Å². The quantitative estimate of drug-likeness (QED) is 0.347. The number of carbonyl (C=O) groups is 2. The first kappa shape index (κ1) is 22.8. The summed E-state index contributed by atoms with van der Waals surface area (Å²) in [6.07, 6.45) is 5.37. The van der Waals surface area contributed by atoms with Crippen molar-refractivity contribution in [3.05, 3.63) is 84.7 Å². The number of hydrogen-bond donors (Lipinski definition) is 2. The van der Waals surface area contributed by atoms with Crippen LogP contribution in [0.1, 0.15) is 18.4 Å². The summed E-state index contributed by atoms with van der Waals surface area (Å²) in [4.78, 5) is 28.8. The summed E-state index contributed by atoms with van der Waals surface area (Å²) in [6, 6.07) is 21.1. The zero-order valence-corrected chi connectivity index (χ0v) is 19.7. The Hall–Kier alpha value is -3.98. The lowest BCUT2D eigenvalue weighted by Gasteiger charge is -2.11. The number of hydrogen-bond acceptors (Lipinski definition) is 6. The maximum Gasteiger partial charge on any atom is 0.230 e. The van der Waals surface area contributed by atoms with Gasteiger partial charge in [0, 0.05) is 41.8 Å². The van der Waals surface area contributed by atoms with E-state index in [0.29, 0.717) is 17.5 Å². The minimum atomic E-state index is -0.118. The number of nitrogens with zero attached hydrogens (tertiary/aromatic N) is 4. The highest BCUT2D eigenvalue weighted by molar-refractivity contribution is 7.99. The van der Waals surface area contributed by atoms with E-state index in [9.17, 15) is 9.59 Å². The second-order valence-corrected chi connectivity index (χ2v) is 9.19. The van der Waals surface area contributed by atoms with Gasteiger partial charge in [0.25, 0.3) is 0 Å². The van der Waals surface area contributed by atoms with Gasteiger partial charge in [0.15, 0.2) is 11.0 Å². The van der Waals surface area contributed by atoms with E-state index in [-0.39, 0.29) is 23.5 Å². The fourth-order valence-corrected chi connectivity index (χ4v) is 4.37. The molecule has 0 aliphatic heterocycles. The summed E-state index contributed by atoms with van der Waals surface area (Å²) in [5, 5.41) is 15.2. The number of amides is 2. The van der Waals surface area contributed by atoms with E-state index in [1.54, 1.807) is 12.4 Å². The van der Waals surface area contributed by atoms with Crippen LogP contribution in [-0.4, -0.2) is 37.3 Å². The van der Waals surface area contributed by atoms with Crippen molar-refractivity contribution in [2.45, 2.75) is 24.5 Å². The average Bonchev–Trinajstić information content (AvgIpc) is 3.67. The number of carbonyl (C=O) groups excluding carboxylic acids is 2. The Bertz CT molecular complexity index is 1320. The number of pyridine rings is 1. The highest BCUT2D eigenvalue weighted by Gasteiger charge is 2.29. The number of rotatable bonds is 9. The molecule has 2 heterocycles. The van der Waals surface area contributed by atoms with Crippen LogP contribution >= 0.6 is 11.8 Å². The lowest BCUT2D eigenvalue weighted by atomic mass is 10.2. The maximum atomic E-state index is 12.6. The molecule has 0 saturated heterocycles. The van der Waals surface area contributed by atoms with Crippen molar-refractivity contribution in [1.29, 1.82) is 0 Å². The van der Waals surface area contributed by atoms with Crippen LogP contribution in [0.25, 0.3) is 17.1 Å². The molecule has 2 aromatic carbocycles. The van der Waals surface area contributed by atoms with Crippen LogP contribution in [0, 0.1) is 5.92 Å². The van der Waals surface area contributed by atoms with E-state index >= 15 is 0 Å². The Balaban J connectivity index is 1.23. The van der Waals surface area contributed by atoms with Crippen LogP contribution in [0.4, 0.5) is 5.69 Å². The molecule has 0 bridgehead atoms. The molecule has 5 rings (SSSR count). The van der Waals surface area contributed by atoms with E-state index < -0.39 is 0 Å². The molecular formula is C26H24N6O2S. The monoisotopic (exact) mass is 484 g/mol. The Morgan fingerprint density at radius 1 is 1.00 bits per heavy atom. The number of anilines is 1. The molecule has 8 nitrogen and oxygen atoms in total. The minimum absolute atomic E-state index is 0.0655. The van der Waals surface area contributed by atoms with Gasteiger partial charge in [-0.1, -0.05) is 42.1 Å². The van der Waals surface area contributed by atoms with Gasteiger partial charge in [0.1, 0.15) is 0 Å². The van der Waals surface area contributed by atoms with Gasteiger partial charge in [0.05, 0.1) is 5.75 Å². The molecule has 1 fully saturated rings. The van der Waals surface area contributed by atoms with E-state index in [4.69, 9.17) is 0 Å². The highest BCUT2D eigenvalue weighted by atomic mass is 32.2. The van der Waals surface area contributed by atoms with E-state index in [1.165, 1.54) is 11.8 Å². The first-order chi connectivity index (χ1) is 17.2. The molecule has 1 aliphatic carbocycles. The molecule has 0 radical (unpaired) electrons. The molecule has 0 spiro atoms. The van der Waals surface area contributed by atoms with E-state index in [1.807, 2.05) is 71.3 Å². The van der Waals surface area contributed by atoms with Crippen LogP contribution < -0.4 is 10.6 Å². The molecule has 9 heteroatoms. The summed E-state index contributed by atoms with van der Waals surface area (Å²) in [6.45, 7) is 0.374. The zero-order valence-electron chi connectivity index (χ0n) is 18.9. The SMILES string of the molecule is O=C(CSc1nnc(-c2cccnc2)n1-c1ccccc1)NCc1cccc(NC(=O)C2CC2)c1. The third-order valence-electron chi connectivity index (χ3n) is 5.53. The van der Waals surface area contributed by atoms with Crippen molar-refractivity contribution >= 4 is 29.3 Å². The average molecular weight is 485 g/mol. The van der Waals surface area contributed by atoms with E-state index in [0.717, 1.165) is 35.3 Å². The van der Waals surface area contributed by atoms with Gasteiger partial charge >= 0.3 is 0 Å². The van der Waals surface area contributed by atoms with Gasteiger partial charge < -0.3 is 10.6 Å². The second-order valence-electron chi connectivity index (χ2n) is 8.25. The largest absolute Gasteiger partial charge is 0.351 e. The van der Waals surface area contributed by atoms with Gasteiger partial charge in [-0.3, -0.25) is 19.1 Å². The summed E-state index contributed by atoms with van der Waals surface area (Å²) in [5.41, 5.74) is 3.42. The first-order valence-corrected chi connectivity index (χ1v) is 12.4. The summed E-state index contributed by atoms with van der Waals surface area (Å²) in [5.74, 6) is 0.948. The lowest BCUT2D eigenvalue weighted by molar-refractivity contribution is -0.119. The van der Waals surface area contributed by atoms with Crippen LogP contribution in [-0.2, 0) is 16.1 Å². The number of nitrogens with one attached hydrogen (secondary N) is 2. The third kappa shape index (κ3) is 5.75. The molecular weight excluding hydrogens is 460 g/mol. The molecule has 35 heavy (non-hydrogen) atoms. The number of para-hydroxylation sites is 1. The van der Waals surface area contributed by atoms with Crippen LogP contribution in [0.5, 0.6) is 0 Å². The van der Waals surface area contributed by atoms with Crippen molar-refractivity contribution in [1.82, 2.24) is 25.1 Å². The first-order valence-electron chi connectivity index (χ1n) is 11.4. The van der Waals surface area contributed by atoms with Gasteiger partial charge in [-0.2, -0.15) is 0 Å². The van der Waals surface area contributed by atoms with Crippen molar-refractivity contribution in [2.75, 3.05) is 11.1 Å². The van der Waals surface area contributed by atoms with Crippen molar-refractivity contribution in [3.63, 3.8) is 0 Å². The topological polar surface area (TPSA) is 102 Å². The second kappa shape index (κ2) is 10.5. The number of benzene rings is 2. The number of aromatic nitrogens is 4. The predicted octanol–water partition coefficient (Wildman–Crippen LogP) is 4.09. The zero-order chi connectivity index (χ0) is 24.0. The standard InChI is InChI=1S/C26H24N6O2S/c33-23(28-15-18-6-4-8-21(14-18)29-25(34)19-11-12-19)17-35-26-31-30-24(20-7-5-13-27-16-20)32(26)22-9-2-1-3-10-22/h1-10,13-14,16,19H,11-12,15,17H2,(H,28,33)(H,29,34). The van der Waals surface area contributed by atoms with Gasteiger partial charge in [-0.25, -0.2) is 0 Å². The molecule has 2 amide bonds. The normalized spacial score (nSPS) is 12.8. The number of thioether (sulfide) groups is 1. The van der Waals surface area contributed by atoms with Crippen molar-refractivity contribution in [2.24, 2.45) is 5.92 Å². The summed E-state index contributed by atoms with van der Waals surface area (Å²) < 4.78 is 1.93. The molecule has 176 valence electrons. The van der Waals surface area contributed by atoms with Crippen LogP contribution in [0.15, 0.2) is 84.3 Å². The summed E-state index contributed by atoms with van der Waals surface area (Å²) in [7, 11) is 0. The predicted molar refractivity (Wildman–Crippen MR) is 135 cm³/mol. The molecule has 0 unspecified atom stereocenters. The lowest BCUT2D eigenvalue weighted by Crippen LogP contribution is -2.24. The molecule has 1 aliphatic rings. The van der Waals surface area contributed by atoms with Crippen LogP contribution in [0.3, 0.4) is 0 Å². The third-order valence-corrected chi connectivity index (χ3v) is 6.46. The molecule has 1 saturated carbocycles. The smallest absolute Gasteiger partial charge is 0.230 e. The molecule has 2 aromatic heterocycles. The fraction of sp³-hybridized carbons (Fsp3) is 0.192. The molecule has 4 aromatic rings. The summed E-state index contributed by atoms with van der Waals surface area (Å²) >= 11 is 1.32. The Morgan fingerprint density at radius 2 is 1.86 bits per heavy atom. The van der Waals surface area contributed by atoms with Crippen LogP contribution in [0.2, 0.25) is 0 Å². The fourth-order valence-electron chi connectivity index (χ4n) is 3.59.